The van der Waals surface area contributed by atoms with Crippen LogP contribution in [-0.4, -0.2) is 15.1 Å². The number of aliphatic hydroxyl groups excluding tert-OH is 1. The molecule has 0 unspecified atom stereocenters. The van der Waals surface area contributed by atoms with Gasteiger partial charge in [-0.2, -0.15) is 0 Å². The van der Waals surface area contributed by atoms with E-state index in [4.69, 9.17) is 5.11 Å². The third-order valence-corrected chi connectivity index (χ3v) is 3.13. The van der Waals surface area contributed by atoms with E-state index in [9.17, 15) is 0 Å². The zero-order chi connectivity index (χ0) is 14.4. The summed E-state index contributed by atoms with van der Waals surface area (Å²) >= 11 is 0. The lowest BCUT2D eigenvalue weighted by atomic mass is 10.1. The fourth-order valence-electron chi connectivity index (χ4n) is 1.98. The maximum absolute atomic E-state index is 9.04. The van der Waals surface area contributed by atoms with Crippen LogP contribution in [0.25, 0.3) is 0 Å². The van der Waals surface area contributed by atoms with Gasteiger partial charge in [0.05, 0.1) is 12.6 Å². The highest BCUT2D eigenvalue weighted by atomic mass is 16.3. The van der Waals surface area contributed by atoms with E-state index in [0.29, 0.717) is 5.95 Å². The van der Waals surface area contributed by atoms with E-state index in [-0.39, 0.29) is 12.6 Å². The lowest BCUT2D eigenvalue weighted by Crippen LogP contribution is -2.10. The van der Waals surface area contributed by atoms with Crippen molar-refractivity contribution in [1.82, 2.24) is 9.97 Å². The SMILES string of the molecule is C[CH]Cc1ccnc(N[C@@H](C)c2ccc(CO)cc2)n1. The summed E-state index contributed by atoms with van der Waals surface area (Å²) in [5.74, 6) is 0.642. The van der Waals surface area contributed by atoms with Crippen LogP contribution in [0, 0.1) is 6.42 Å². The summed E-state index contributed by atoms with van der Waals surface area (Å²) < 4.78 is 0. The molecule has 0 amide bonds. The van der Waals surface area contributed by atoms with Crippen molar-refractivity contribution in [2.75, 3.05) is 5.32 Å². The first-order valence-corrected chi connectivity index (χ1v) is 6.79. The molecule has 0 aliphatic heterocycles. The smallest absolute Gasteiger partial charge is 0.223 e. The van der Waals surface area contributed by atoms with Crippen molar-refractivity contribution in [2.24, 2.45) is 0 Å². The van der Waals surface area contributed by atoms with Crippen molar-refractivity contribution in [1.29, 1.82) is 0 Å². The number of hydrogen-bond donors (Lipinski definition) is 2. The van der Waals surface area contributed by atoms with Gasteiger partial charge in [-0.25, -0.2) is 9.97 Å². The monoisotopic (exact) mass is 270 g/mol. The molecule has 0 saturated heterocycles. The molecule has 1 aromatic carbocycles. The van der Waals surface area contributed by atoms with Gasteiger partial charge in [0, 0.05) is 11.9 Å². The lowest BCUT2D eigenvalue weighted by Gasteiger charge is -2.15. The molecule has 0 aliphatic carbocycles. The average Bonchev–Trinajstić information content (AvgIpc) is 2.48. The van der Waals surface area contributed by atoms with E-state index < -0.39 is 0 Å². The molecule has 1 heterocycles. The van der Waals surface area contributed by atoms with Crippen LogP contribution in [-0.2, 0) is 13.0 Å². The van der Waals surface area contributed by atoms with E-state index in [2.05, 4.69) is 28.6 Å². The quantitative estimate of drug-likeness (QED) is 0.847. The second-order valence-electron chi connectivity index (χ2n) is 4.75. The summed E-state index contributed by atoms with van der Waals surface area (Å²) in [6, 6.07) is 9.91. The Morgan fingerprint density at radius 2 is 2.00 bits per heavy atom. The van der Waals surface area contributed by atoms with Gasteiger partial charge >= 0.3 is 0 Å². The second-order valence-corrected chi connectivity index (χ2v) is 4.75. The first kappa shape index (κ1) is 14.5. The Kier molecular flexibility index (Phi) is 5.07. The Bertz CT molecular complexity index is 540. The van der Waals surface area contributed by atoms with Gasteiger partial charge < -0.3 is 10.4 Å². The van der Waals surface area contributed by atoms with Crippen LogP contribution in [0.2, 0.25) is 0 Å². The fraction of sp³-hybridized carbons (Fsp3) is 0.312. The fourth-order valence-corrected chi connectivity index (χ4v) is 1.98. The van der Waals surface area contributed by atoms with E-state index >= 15 is 0 Å². The van der Waals surface area contributed by atoms with Gasteiger partial charge in [-0.15, -0.1) is 0 Å². The van der Waals surface area contributed by atoms with Crippen molar-refractivity contribution in [2.45, 2.75) is 32.9 Å². The maximum atomic E-state index is 9.04. The Balaban J connectivity index is 2.06. The van der Waals surface area contributed by atoms with E-state index in [1.165, 1.54) is 0 Å². The molecule has 2 rings (SSSR count). The first-order chi connectivity index (χ1) is 9.72. The minimum atomic E-state index is 0.0702. The molecule has 4 heteroatoms. The largest absolute Gasteiger partial charge is 0.392 e. The predicted molar refractivity (Wildman–Crippen MR) is 80.1 cm³/mol. The van der Waals surface area contributed by atoms with Crippen LogP contribution < -0.4 is 5.32 Å². The summed E-state index contributed by atoms with van der Waals surface area (Å²) in [6.45, 7) is 4.15. The number of hydrogen-bond acceptors (Lipinski definition) is 4. The Hall–Kier alpha value is -1.94. The third kappa shape index (κ3) is 3.78. The number of nitrogens with one attached hydrogen (secondary N) is 1. The van der Waals surface area contributed by atoms with Gasteiger partial charge in [-0.1, -0.05) is 31.2 Å². The predicted octanol–water partition coefficient (Wildman–Crippen LogP) is 2.91. The zero-order valence-corrected chi connectivity index (χ0v) is 11.9. The van der Waals surface area contributed by atoms with Gasteiger partial charge in [0.15, 0.2) is 0 Å². The first-order valence-electron chi connectivity index (χ1n) is 6.79. The van der Waals surface area contributed by atoms with E-state index in [0.717, 1.165) is 23.2 Å². The summed E-state index contributed by atoms with van der Waals surface area (Å²) in [5, 5.41) is 12.3. The molecular formula is C16H20N3O. The number of aromatic nitrogens is 2. The highest BCUT2D eigenvalue weighted by molar-refractivity contribution is 5.33. The molecule has 0 fully saturated rings. The molecule has 0 spiro atoms. The molecule has 0 bridgehead atoms. The van der Waals surface area contributed by atoms with Crippen LogP contribution in [0.15, 0.2) is 36.5 Å². The van der Waals surface area contributed by atoms with E-state index in [1.807, 2.05) is 37.3 Å². The normalized spacial score (nSPS) is 12.2. The summed E-state index contributed by atoms with van der Waals surface area (Å²) in [7, 11) is 0. The molecule has 105 valence electrons. The highest BCUT2D eigenvalue weighted by Crippen LogP contribution is 2.17. The number of benzene rings is 1. The minimum Gasteiger partial charge on any atom is -0.392 e. The molecule has 4 nitrogen and oxygen atoms in total. The van der Waals surface area contributed by atoms with Gasteiger partial charge in [0.2, 0.25) is 5.95 Å². The molecule has 0 saturated carbocycles. The molecule has 20 heavy (non-hydrogen) atoms. The maximum Gasteiger partial charge on any atom is 0.223 e. The zero-order valence-electron chi connectivity index (χ0n) is 11.9. The number of aliphatic hydroxyl groups is 1. The Labute approximate surface area is 119 Å². The van der Waals surface area contributed by atoms with E-state index in [1.54, 1.807) is 6.20 Å². The van der Waals surface area contributed by atoms with Crippen LogP contribution in [0.1, 0.15) is 36.7 Å². The minimum absolute atomic E-state index is 0.0702. The summed E-state index contributed by atoms with van der Waals surface area (Å²) in [4.78, 5) is 8.71. The summed E-state index contributed by atoms with van der Waals surface area (Å²) in [6.07, 6.45) is 4.69. The van der Waals surface area contributed by atoms with Crippen LogP contribution in [0.3, 0.4) is 0 Å². The van der Waals surface area contributed by atoms with Gasteiger partial charge in [-0.3, -0.25) is 0 Å². The van der Waals surface area contributed by atoms with Crippen LogP contribution in [0.4, 0.5) is 5.95 Å². The number of rotatable bonds is 6. The van der Waals surface area contributed by atoms with Crippen LogP contribution >= 0.6 is 0 Å². The van der Waals surface area contributed by atoms with Crippen molar-refractivity contribution in [3.8, 4) is 0 Å². The molecule has 0 aliphatic rings. The molecule has 2 aromatic rings. The highest BCUT2D eigenvalue weighted by Gasteiger charge is 2.07. The van der Waals surface area contributed by atoms with Gasteiger partial charge in [0.25, 0.3) is 0 Å². The number of nitrogens with zero attached hydrogens (tertiary/aromatic N) is 2. The topological polar surface area (TPSA) is 58.0 Å². The third-order valence-electron chi connectivity index (χ3n) is 3.13. The lowest BCUT2D eigenvalue weighted by molar-refractivity contribution is 0.282. The van der Waals surface area contributed by atoms with Gasteiger partial charge in [-0.05, 0) is 37.0 Å². The van der Waals surface area contributed by atoms with Crippen molar-refractivity contribution < 1.29 is 5.11 Å². The van der Waals surface area contributed by atoms with Crippen LogP contribution in [0.5, 0.6) is 0 Å². The summed E-state index contributed by atoms with van der Waals surface area (Å²) in [5.41, 5.74) is 3.06. The molecule has 2 N–H and O–H groups in total. The van der Waals surface area contributed by atoms with Crippen molar-refractivity contribution in [3.63, 3.8) is 0 Å². The molecule has 1 aromatic heterocycles. The Morgan fingerprint density at radius 1 is 1.25 bits per heavy atom. The molecule has 1 atom stereocenters. The molecular weight excluding hydrogens is 250 g/mol. The van der Waals surface area contributed by atoms with Crippen molar-refractivity contribution in [3.05, 3.63) is 59.8 Å². The van der Waals surface area contributed by atoms with Crippen molar-refractivity contribution >= 4 is 5.95 Å². The molecule has 1 radical (unpaired) electrons. The second kappa shape index (κ2) is 7.01. The van der Waals surface area contributed by atoms with Gasteiger partial charge in [0.1, 0.15) is 0 Å². The average molecular weight is 270 g/mol. The standard InChI is InChI=1S/C16H20N3O/c1-3-4-15-9-10-17-16(19-15)18-12(2)14-7-5-13(11-20)6-8-14/h3,5-10,12,20H,4,11H2,1-2H3,(H,17,18,19)/t12-/m0/s1. The Morgan fingerprint density at radius 3 is 2.65 bits per heavy atom. The number of anilines is 1.